The number of H-pyrrole nitrogens is 1. The average Bonchev–Trinajstić information content (AvgIpc) is 3.33. The highest BCUT2D eigenvalue weighted by molar-refractivity contribution is 5.94. The molecule has 1 amide bonds. The van der Waals surface area contributed by atoms with Crippen LogP contribution < -0.4 is 16.0 Å². The van der Waals surface area contributed by atoms with Gasteiger partial charge in [0.1, 0.15) is 0 Å². The zero-order valence-corrected chi connectivity index (χ0v) is 17.3. The molecule has 0 unspecified atom stereocenters. The Morgan fingerprint density at radius 1 is 1.00 bits per heavy atom. The van der Waals surface area contributed by atoms with Gasteiger partial charge in [0.05, 0.1) is 17.2 Å². The molecule has 1 aliphatic carbocycles. The molecule has 5 rings (SSSR count). The van der Waals surface area contributed by atoms with Crippen LogP contribution in [0, 0.1) is 0 Å². The van der Waals surface area contributed by atoms with E-state index < -0.39 is 0 Å². The first-order valence-electron chi connectivity index (χ1n) is 10.8. The molecule has 1 saturated heterocycles. The number of rotatable bonds is 3. The van der Waals surface area contributed by atoms with E-state index in [-0.39, 0.29) is 23.1 Å². The second-order valence-corrected chi connectivity index (χ2v) is 8.32. The van der Waals surface area contributed by atoms with Gasteiger partial charge >= 0.3 is 0 Å². The van der Waals surface area contributed by atoms with Crippen molar-refractivity contribution in [3.63, 3.8) is 0 Å². The molecule has 2 aliphatic rings. The Morgan fingerprint density at radius 2 is 1.77 bits per heavy atom. The van der Waals surface area contributed by atoms with Crippen LogP contribution in [0.5, 0.6) is 0 Å². The minimum atomic E-state index is -0.278. The van der Waals surface area contributed by atoms with Crippen LogP contribution in [-0.2, 0) is 0 Å². The Labute approximate surface area is 179 Å². The van der Waals surface area contributed by atoms with Crippen molar-refractivity contribution in [1.29, 1.82) is 0 Å². The number of piperazine rings is 1. The molecule has 8 heteroatoms. The summed E-state index contributed by atoms with van der Waals surface area (Å²) in [7, 11) is 0. The fourth-order valence-corrected chi connectivity index (χ4v) is 4.69. The summed E-state index contributed by atoms with van der Waals surface area (Å²) in [6, 6.07) is 9.04. The van der Waals surface area contributed by atoms with Crippen LogP contribution in [0.1, 0.15) is 42.1 Å². The van der Waals surface area contributed by atoms with Crippen LogP contribution >= 0.6 is 0 Å². The van der Waals surface area contributed by atoms with Crippen molar-refractivity contribution >= 4 is 22.5 Å². The van der Waals surface area contributed by atoms with Gasteiger partial charge in [-0.05, 0) is 37.1 Å². The topological polar surface area (TPSA) is 91.3 Å². The molecule has 31 heavy (non-hydrogen) atoms. The maximum Gasteiger partial charge on any atom is 0.261 e. The fourth-order valence-electron chi connectivity index (χ4n) is 4.69. The van der Waals surface area contributed by atoms with Crippen LogP contribution in [0.2, 0.25) is 0 Å². The number of fused-ring (bicyclic) bond motifs is 1. The van der Waals surface area contributed by atoms with Gasteiger partial charge in [-0.3, -0.25) is 19.0 Å². The number of pyridine rings is 1. The Balaban J connectivity index is 1.31. The SMILES string of the molecule is O=C(c1cc[nH]c(=O)c1)N1CCN(c2ccc3c(=O)n(C4CCCC4)cnc3c2)CC1. The molecule has 1 saturated carbocycles. The van der Waals surface area contributed by atoms with E-state index in [2.05, 4.69) is 14.9 Å². The molecule has 8 nitrogen and oxygen atoms in total. The van der Waals surface area contributed by atoms with E-state index in [1.807, 2.05) is 18.2 Å². The number of anilines is 1. The minimum Gasteiger partial charge on any atom is -0.368 e. The zero-order chi connectivity index (χ0) is 21.4. The summed E-state index contributed by atoms with van der Waals surface area (Å²) in [5.41, 5.74) is 1.88. The minimum absolute atomic E-state index is 0.0386. The summed E-state index contributed by atoms with van der Waals surface area (Å²) in [5, 5.41) is 0.654. The monoisotopic (exact) mass is 419 g/mol. The number of aromatic amines is 1. The highest BCUT2D eigenvalue weighted by Gasteiger charge is 2.23. The molecule has 2 aromatic heterocycles. The summed E-state index contributed by atoms with van der Waals surface area (Å²) in [5.74, 6) is -0.126. The normalized spacial score (nSPS) is 17.4. The van der Waals surface area contributed by atoms with Crippen molar-refractivity contribution in [2.75, 3.05) is 31.1 Å². The first-order chi connectivity index (χ1) is 15.1. The Bertz CT molecular complexity index is 1230. The number of nitrogens with one attached hydrogen (secondary N) is 1. The maximum absolute atomic E-state index is 12.9. The second-order valence-electron chi connectivity index (χ2n) is 8.32. The van der Waals surface area contributed by atoms with Crippen molar-refractivity contribution in [3.8, 4) is 0 Å². The molecule has 0 atom stereocenters. The summed E-state index contributed by atoms with van der Waals surface area (Å²) in [6.45, 7) is 2.50. The van der Waals surface area contributed by atoms with E-state index >= 15 is 0 Å². The number of hydrogen-bond acceptors (Lipinski definition) is 5. The Kier molecular flexibility index (Phi) is 5.05. The lowest BCUT2D eigenvalue weighted by Gasteiger charge is -2.36. The zero-order valence-electron chi connectivity index (χ0n) is 17.3. The van der Waals surface area contributed by atoms with E-state index in [1.165, 1.54) is 25.1 Å². The Morgan fingerprint density at radius 3 is 2.52 bits per heavy atom. The molecule has 160 valence electrons. The molecule has 3 heterocycles. The van der Waals surface area contributed by atoms with Gasteiger partial charge in [-0.25, -0.2) is 4.98 Å². The molecule has 2 fully saturated rings. The quantitative estimate of drug-likeness (QED) is 0.703. The first-order valence-corrected chi connectivity index (χ1v) is 10.8. The lowest BCUT2D eigenvalue weighted by Crippen LogP contribution is -2.49. The highest BCUT2D eigenvalue weighted by Crippen LogP contribution is 2.28. The van der Waals surface area contributed by atoms with Gasteiger partial charge in [0.25, 0.3) is 11.5 Å². The number of amides is 1. The summed E-state index contributed by atoms with van der Waals surface area (Å²) in [6.07, 6.45) is 7.63. The molecule has 3 aromatic rings. The predicted molar refractivity (Wildman–Crippen MR) is 119 cm³/mol. The van der Waals surface area contributed by atoms with E-state index in [4.69, 9.17) is 0 Å². The molecular formula is C23H25N5O3. The lowest BCUT2D eigenvalue weighted by atomic mass is 10.1. The third kappa shape index (κ3) is 3.73. The van der Waals surface area contributed by atoms with Gasteiger partial charge in [-0.2, -0.15) is 0 Å². The van der Waals surface area contributed by atoms with Crippen molar-refractivity contribution in [3.05, 3.63) is 69.1 Å². The van der Waals surface area contributed by atoms with E-state index in [0.29, 0.717) is 42.6 Å². The van der Waals surface area contributed by atoms with Gasteiger partial charge in [-0.1, -0.05) is 12.8 Å². The third-order valence-corrected chi connectivity index (χ3v) is 6.44. The smallest absolute Gasteiger partial charge is 0.261 e. The number of benzene rings is 1. The van der Waals surface area contributed by atoms with E-state index in [9.17, 15) is 14.4 Å². The summed E-state index contributed by atoms with van der Waals surface area (Å²) < 4.78 is 1.80. The molecule has 1 N–H and O–H groups in total. The van der Waals surface area contributed by atoms with E-state index in [0.717, 1.165) is 18.5 Å². The van der Waals surface area contributed by atoms with Crippen molar-refractivity contribution in [2.45, 2.75) is 31.7 Å². The molecular weight excluding hydrogens is 394 g/mol. The number of hydrogen-bond donors (Lipinski definition) is 1. The van der Waals surface area contributed by atoms with Crippen LogP contribution in [0.4, 0.5) is 5.69 Å². The van der Waals surface area contributed by atoms with Crippen LogP contribution in [0.15, 0.2) is 52.4 Å². The van der Waals surface area contributed by atoms with E-state index in [1.54, 1.807) is 21.9 Å². The van der Waals surface area contributed by atoms with Gasteiger partial charge < -0.3 is 14.8 Å². The number of carbonyl (C=O) groups excluding carboxylic acids is 1. The summed E-state index contributed by atoms with van der Waals surface area (Å²) >= 11 is 0. The molecule has 0 spiro atoms. The van der Waals surface area contributed by atoms with Crippen molar-refractivity contribution in [2.24, 2.45) is 0 Å². The number of aromatic nitrogens is 3. The molecule has 1 aromatic carbocycles. The largest absolute Gasteiger partial charge is 0.368 e. The molecule has 0 radical (unpaired) electrons. The molecule has 1 aliphatic heterocycles. The predicted octanol–water partition coefficient (Wildman–Crippen LogP) is 2.16. The number of nitrogens with zero attached hydrogens (tertiary/aromatic N) is 4. The third-order valence-electron chi connectivity index (χ3n) is 6.44. The van der Waals surface area contributed by atoms with Gasteiger partial charge in [-0.15, -0.1) is 0 Å². The van der Waals surface area contributed by atoms with Crippen molar-refractivity contribution < 1.29 is 4.79 Å². The fraction of sp³-hybridized carbons (Fsp3) is 0.391. The van der Waals surface area contributed by atoms with Crippen LogP contribution in [0.3, 0.4) is 0 Å². The second kappa shape index (κ2) is 8.02. The van der Waals surface area contributed by atoms with Gasteiger partial charge in [0.2, 0.25) is 5.56 Å². The van der Waals surface area contributed by atoms with Crippen LogP contribution in [0.25, 0.3) is 10.9 Å². The Hall–Kier alpha value is -3.42. The van der Waals surface area contributed by atoms with Crippen molar-refractivity contribution in [1.82, 2.24) is 19.4 Å². The first kappa shape index (κ1) is 19.5. The average molecular weight is 419 g/mol. The molecule has 0 bridgehead atoms. The van der Waals surface area contributed by atoms with Gasteiger partial charge in [0.15, 0.2) is 0 Å². The maximum atomic E-state index is 12.9. The summed E-state index contributed by atoms with van der Waals surface area (Å²) in [4.78, 5) is 48.1. The highest BCUT2D eigenvalue weighted by atomic mass is 16.2. The standard InChI is InChI=1S/C23H25N5O3/c29-21-13-16(7-8-24-21)22(30)27-11-9-26(10-12-27)18-5-6-19-20(14-18)25-15-28(23(19)31)17-3-1-2-4-17/h5-8,13-15,17H,1-4,9-12H2,(H,24,29). The lowest BCUT2D eigenvalue weighted by molar-refractivity contribution is 0.0746. The number of carbonyl (C=O) groups is 1. The van der Waals surface area contributed by atoms with Gasteiger partial charge in [0, 0.05) is 55.7 Å². The van der Waals surface area contributed by atoms with Crippen LogP contribution in [-0.4, -0.2) is 51.5 Å².